The average molecular weight is 538 g/mol. The molecule has 4 aromatic rings. The van der Waals surface area contributed by atoms with Crippen LogP contribution < -0.4 is 14.9 Å². The van der Waals surface area contributed by atoms with Crippen LogP contribution in [-0.2, 0) is 13.2 Å². The summed E-state index contributed by atoms with van der Waals surface area (Å²) < 4.78 is 5.98. The van der Waals surface area contributed by atoms with Crippen LogP contribution >= 0.6 is 22.7 Å². The lowest BCUT2D eigenvalue weighted by atomic mass is 10.0. The smallest absolute Gasteiger partial charge is 0.322 e. The zero-order valence-electron chi connectivity index (χ0n) is 20.4. The van der Waals surface area contributed by atoms with Gasteiger partial charge in [0, 0.05) is 30.1 Å². The zero-order chi connectivity index (χ0) is 25.9. The highest BCUT2D eigenvalue weighted by Crippen LogP contribution is 2.30. The lowest BCUT2D eigenvalue weighted by molar-refractivity contribution is 0.0935. The Hall–Kier alpha value is -3.38. The van der Waals surface area contributed by atoms with Crippen LogP contribution in [0, 0.1) is 6.92 Å². The van der Waals surface area contributed by atoms with Gasteiger partial charge in [-0.15, -0.1) is 11.3 Å². The number of nitrogens with one attached hydrogen (secondary N) is 2. The number of amides is 1. The molecular weight excluding hydrogens is 510 g/mol. The van der Waals surface area contributed by atoms with E-state index in [1.54, 1.807) is 35.6 Å². The van der Waals surface area contributed by atoms with E-state index in [-0.39, 0.29) is 29.3 Å². The van der Waals surface area contributed by atoms with Gasteiger partial charge < -0.3 is 20.1 Å². The van der Waals surface area contributed by atoms with Gasteiger partial charge in [0.1, 0.15) is 22.4 Å². The summed E-state index contributed by atoms with van der Waals surface area (Å²) in [5.41, 5.74) is 3.26. The Bertz CT molecular complexity index is 1450. The van der Waals surface area contributed by atoms with Crippen LogP contribution in [0.4, 0.5) is 0 Å². The van der Waals surface area contributed by atoms with Crippen LogP contribution in [0.15, 0.2) is 53.3 Å². The summed E-state index contributed by atoms with van der Waals surface area (Å²) >= 11 is 2.66. The van der Waals surface area contributed by atoms with Crippen molar-refractivity contribution in [3.8, 4) is 16.3 Å². The Kier molecular flexibility index (Phi) is 7.47. The van der Waals surface area contributed by atoms with E-state index in [1.807, 2.05) is 38.2 Å². The predicted octanol–water partition coefficient (Wildman–Crippen LogP) is 3.16. The SMILES string of the molecule is Cc1nc(-c2cccc(CO)c2)sc1COc1ccc(C(=O)N[C@@H]2CN(C)C[C@@H]2c2n[nH]c(=O)s2)cc1. The highest BCUT2D eigenvalue weighted by molar-refractivity contribution is 7.15. The molecule has 11 heteroatoms. The Morgan fingerprint density at radius 2 is 2.03 bits per heavy atom. The van der Waals surface area contributed by atoms with E-state index in [1.165, 1.54) is 0 Å². The number of likely N-dealkylation sites (tertiary alicyclic amines) is 1. The minimum atomic E-state index is -0.189. The van der Waals surface area contributed by atoms with E-state index in [4.69, 9.17) is 4.74 Å². The molecule has 2 aromatic carbocycles. The van der Waals surface area contributed by atoms with Crippen molar-refractivity contribution in [2.24, 2.45) is 0 Å². The summed E-state index contributed by atoms with van der Waals surface area (Å²) in [6, 6.07) is 14.6. The first-order chi connectivity index (χ1) is 17.9. The number of likely N-dealkylation sites (N-methyl/N-ethyl adjacent to an activating group) is 1. The van der Waals surface area contributed by atoms with Crippen LogP contribution in [-0.4, -0.2) is 57.3 Å². The number of aryl methyl sites for hydroxylation is 1. The Labute approximate surface area is 221 Å². The monoisotopic (exact) mass is 537 g/mol. The molecule has 37 heavy (non-hydrogen) atoms. The number of carbonyl (C=O) groups is 1. The number of nitrogens with zero attached hydrogens (tertiary/aromatic N) is 3. The van der Waals surface area contributed by atoms with E-state index in [0.29, 0.717) is 29.5 Å². The standard InChI is InChI=1S/C26H27N5O4S2/c1-15-22(36-24(27-15)18-5-3-4-16(10-18)13-32)14-35-19-8-6-17(7-9-19)23(33)28-21-12-31(2)11-20(21)25-29-30-26(34)37-25/h3-10,20-21,32H,11-14H2,1-2H3,(H,28,33)(H,30,34)/t20-,21+/m0/s1. The molecule has 2 aromatic heterocycles. The van der Waals surface area contributed by atoms with Crippen LogP contribution in [0.25, 0.3) is 10.6 Å². The topological polar surface area (TPSA) is 120 Å². The first-order valence-corrected chi connectivity index (χ1v) is 13.5. The van der Waals surface area contributed by atoms with Crippen LogP contribution in [0.2, 0.25) is 0 Å². The van der Waals surface area contributed by atoms with Gasteiger partial charge in [0.05, 0.1) is 23.2 Å². The van der Waals surface area contributed by atoms with E-state index in [0.717, 1.165) is 44.6 Å². The van der Waals surface area contributed by atoms with Crippen molar-refractivity contribution >= 4 is 28.6 Å². The molecule has 1 fully saturated rings. The molecule has 0 bridgehead atoms. The molecule has 2 atom stereocenters. The van der Waals surface area contributed by atoms with Crippen molar-refractivity contribution in [1.82, 2.24) is 25.4 Å². The molecule has 0 unspecified atom stereocenters. The number of aromatic amines is 1. The van der Waals surface area contributed by atoms with E-state index < -0.39 is 0 Å². The predicted molar refractivity (Wildman–Crippen MR) is 143 cm³/mol. The van der Waals surface area contributed by atoms with Crippen molar-refractivity contribution < 1.29 is 14.6 Å². The molecule has 0 saturated carbocycles. The van der Waals surface area contributed by atoms with Gasteiger partial charge in [0.15, 0.2) is 0 Å². The number of aromatic nitrogens is 3. The van der Waals surface area contributed by atoms with Crippen molar-refractivity contribution in [3.63, 3.8) is 0 Å². The fourth-order valence-corrected chi connectivity index (χ4v) is 6.12. The molecule has 1 aliphatic rings. The number of aliphatic hydroxyl groups excluding tert-OH is 1. The molecule has 9 nitrogen and oxygen atoms in total. The fraction of sp³-hybridized carbons (Fsp3) is 0.308. The van der Waals surface area contributed by atoms with Crippen molar-refractivity contribution in [1.29, 1.82) is 0 Å². The van der Waals surface area contributed by atoms with Gasteiger partial charge in [-0.2, -0.15) is 5.10 Å². The molecule has 1 aliphatic heterocycles. The lowest BCUT2D eigenvalue weighted by Crippen LogP contribution is -2.39. The highest BCUT2D eigenvalue weighted by atomic mass is 32.1. The number of ether oxygens (including phenoxy) is 1. The number of hydrogen-bond acceptors (Lipinski definition) is 9. The van der Waals surface area contributed by atoms with Gasteiger partial charge in [0.2, 0.25) is 0 Å². The van der Waals surface area contributed by atoms with E-state index >= 15 is 0 Å². The van der Waals surface area contributed by atoms with Crippen LogP contribution in [0.1, 0.15) is 37.4 Å². The molecule has 1 amide bonds. The first kappa shape index (κ1) is 25.3. The molecule has 3 heterocycles. The summed E-state index contributed by atoms with van der Waals surface area (Å²) in [6.45, 7) is 3.73. The minimum Gasteiger partial charge on any atom is -0.488 e. The largest absolute Gasteiger partial charge is 0.488 e. The van der Waals surface area contributed by atoms with Gasteiger partial charge >= 0.3 is 4.87 Å². The molecule has 0 radical (unpaired) electrons. The van der Waals surface area contributed by atoms with Gasteiger partial charge in [-0.05, 0) is 49.9 Å². The average Bonchev–Trinajstić information content (AvgIpc) is 3.61. The van der Waals surface area contributed by atoms with Gasteiger partial charge in [-0.3, -0.25) is 9.59 Å². The second kappa shape index (κ2) is 10.9. The molecule has 1 saturated heterocycles. The zero-order valence-corrected chi connectivity index (χ0v) is 22.1. The van der Waals surface area contributed by atoms with Crippen molar-refractivity contribution in [2.45, 2.75) is 32.1 Å². The molecule has 3 N–H and O–H groups in total. The summed E-state index contributed by atoms with van der Waals surface area (Å²) in [6.07, 6.45) is 0. The van der Waals surface area contributed by atoms with Crippen LogP contribution in [0.5, 0.6) is 5.75 Å². The number of benzene rings is 2. The maximum atomic E-state index is 12.9. The number of aliphatic hydroxyl groups is 1. The van der Waals surface area contributed by atoms with Crippen molar-refractivity contribution in [3.05, 3.63) is 84.9 Å². The maximum absolute atomic E-state index is 12.9. The third-order valence-electron chi connectivity index (χ3n) is 6.33. The van der Waals surface area contributed by atoms with Crippen LogP contribution in [0.3, 0.4) is 0 Å². The molecule has 5 rings (SSSR count). The molecular formula is C26H27N5O4S2. The molecule has 0 spiro atoms. The minimum absolute atomic E-state index is 0.00663. The lowest BCUT2D eigenvalue weighted by Gasteiger charge is -2.18. The van der Waals surface area contributed by atoms with Gasteiger partial charge in [0.25, 0.3) is 5.91 Å². The molecule has 192 valence electrons. The number of carbonyl (C=O) groups excluding carboxylic acids is 1. The Morgan fingerprint density at radius 1 is 1.22 bits per heavy atom. The first-order valence-electron chi connectivity index (χ1n) is 11.8. The quantitative estimate of drug-likeness (QED) is 0.316. The number of thiazole rings is 1. The number of hydrogen-bond donors (Lipinski definition) is 3. The van der Waals surface area contributed by atoms with Gasteiger partial charge in [-0.25, -0.2) is 10.1 Å². The summed E-state index contributed by atoms with van der Waals surface area (Å²) in [5.74, 6) is 0.458. The second-order valence-corrected chi connectivity index (χ2v) is 11.1. The third-order valence-corrected chi connectivity index (χ3v) is 8.39. The maximum Gasteiger partial charge on any atom is 0.322 e. The number of rotatable bonds is 8. The Balaban J connectivity index is 1.20. The highest BCUT2D eigenvalue weighted by Gasteiger charge is 2.35. The van der Waals surface area contributed by atoms with E-state index in [9.17, 15) is 14.7 Å². The Morgan fingerprint density at radius 3 is 2.76 bits per heavy atom. The normalized spacial score (nSPS) is 17.7. The molecule has 0 aliphatic carbocycles. The van der Waals surface area contributed by atoms with Crippen molar-refractivity contribution in [2.75, 3.05) is 20.1 Å². The summed E-state index contributed by atoms with van der Waals surface area (Å²) in [5, 5.41) is 20.7. The third kappa shape index (κ3) is 5.80. The fourth-order valence-electron chi connectivity index (χ4n) is 4.39. The summed E-state index contributed by atoms with van der Waals surface area (Å²) in [7, 11) is 1.99. The van der Waals surface area contributed by atoms with Gasteiger partial charge in [-0.1, -0.05) is 29.5 Å². The van der Waals surface area contributed by atoms with E-state index in [2.05, 4.69) is 25.4 Å². The number of H-pyrrole nitrogens is 1. The summed E-state index contributed by atoms with van der Waals surface area (Å²) in [4.78, 5) is 32.1. The second-order valence-electron chi connectivity index (χ2n) is 9.06.